The van der Waals surface area contributed by atoms with Gasteiger partial charge < -0.3 is 40.0 Å². The summed E-state index contributed by atoms with van der Waals surface area (Å²) in [6, 6.07) is 5.54. The van der Waals surface area contributed by atoms with Gasteiger partial charge in [0, 0.05) is 64.8 Å². The third-order valence-corrected chi connectivity index (χ3v) is 6.73. The highest BCUT2D eigenvalue weighted by Crippen LogP contribution is 1.96. The van der Waals surface area contributed by atoms with Crippen molar-refractivity contribution in [3.8, 4) is 0 Å². The van der Waals surface area contributed by atoms with E-state index in [2.05, 4.69) is 20.4 Å². The number of carbonyl (C=O) groups is 2. The van der Waals surface area contributed by atoms with E-state index in [0.29, 0.717) is 115 Å². The van der Waals surface area contributed by atoms with E-state index in [1.54, 1.807) is 0 Å². The van der Waals surface area contributed by atoms with E-state index in [9.17, 15) is 29.6 Å². The smallest absolute Gasteiger partial charge is 0.295 e. The van der Waals surface area contributed by atoms with Crippen LogP contribution in [-0.2, 0) is 18.9 Å². The van der Waals surface area contributed by atoms with E-state index < -0.39 is 22.9 Å². The molecule has 16 nitrogen and oxygen atoms in total. The van der Waals surface area contributed by atoms with Gasteiger partial charge in [-0.05, 0) is 24.3 Å². The molecule has 0 radical (unpaired) electrons. The number of nitrogens with zero attached hydrogens (tertiary/aromatic N) is 4. The molecular formula is C28H42N6O10. The summed E-state index contributed by atoms with van der Waals surface area (Å²) in [5, 5.41) is 24.4. The number of amides is 2. The largest absolute Gasteiger partial charge is 0.425 e. The van der Waals surface area contributed by atoms with Gasteiger partial charge in [0.05, 0.1) is 52.9 Å². The minimum absolute atomic E-state index is 0.139. The molecule has 0 aliphatic carbocycles. The zero-order valence-electron chi connectivity index (χ0n) is 24.7. The average molecular weight is 623 g/mol. The zero-order chi connectivity index (χ0) is 31.6. The molecule has 1 saturated heterocycles. The Bertz CT molecular complexity index is 1170. The summed E-state index contributed by atoms with van der Waals surface area (Å²) in [5.41, 5.74) is -1.84. The fourth-order valence-electron chi connectivity index (χ4n) is 4.25. The van der Waals surface area contributed by atoms with Crippen LogP contribution >= 0.6 is 0 Å². The zero-order valence-corrected chi connectivity index (χ0v) is 24.7. The Labute approximate surface area is 254 Å². The highest BCUT2D eigenvalue weighted by Gasteiger charge is 2.14. The van der Waals surface area contributed by atoms with E-state index in [-0.39, 0.29) is 11.1 Å². The maximum absolute atomic E-state index is 12.4. The van der Waals surface area contributed by atoms with Crippen LogP contribution in [0.25, 0.3) is 0 Å². The summed E-state index contributed by atoms with van der Waals surface area (Å²) in [6.45, 7) is 7.39. The number of rotatable bonds is 8. The summed E-state index contributed by atoms with van der Waals surface area (Å²) >= 11 is 0. The fourth-order valence-corrected chi connectivity index (χ4v) is 4.25. The van der Waals surface area contributed by atoms with E-state index in [4.69, 9.17) is 18.9 Å². The van der Waals surface area contributed by atoms with Gasteiger partial charge in [-0.25, -0.2) is 0 Å². The van der Waals surface area contributed by atoms with E-state index >= 15 is 0 Å². The number of hydrogen-bond acceptors (Lipinski definition) is 12. The predicted molar refractivity (Wildman–Crippen MR) is 157 cm³/mol. The summed E-state index contributed by atoms with van der Waals surface area (Å²) < 4.78 is 23.6. The summed E-state index contributed by atoms with van der Waals surface area (Å²) in [6.07, 6.45) is 2.32. The Morgan fingerprint density at radius 1 is 0.614 bits per heavy atom. The lowest BCUT2D eigenvalue weighted by molar-refractivity contribution is 0.00839. The quantitative estimate of drug-likeness (QED) is 0.246. The molecular weight excluding hydrogens is 580 g/mol. The van der Waals surface area contributed by atoms with Crippen LogP contribution in [0.3, 0.4) is 0 Å². The number of aromatic nitrogens is 2. The molecule has 0 bridgehead atoms. The third kappa shape index (κ3) is 12.1. The van der Waals surface area contributed by atoms with Crippen molar-refractivity contribution in [2.24, 2.45) is 0 Å². The average Bonchev–Trinajstić information content (AvgIpc) is 3.01. The topological polar surface area (TPSA) is 186 Å². The van der Waals surface area contributed by atoms with E-state index in [1.807, 2.05) is 0 Å². The van der Waals surface area contributed by atoms with Crippen LogP contribution in [0, 0.1) is 0 Å². The Morgan fingerprint density at radius 3 is 1.30 bits per heavy atom. The number of pyridine rings is 2. The second-order valence-electron chi connectivity index (χ2n) is 9.79. The Balaban J connectivity index is 1.38. The van der Waals surface area contributed by atoms with Crippen molar-refractivity contribution in [2.45, 2.75) is 0 Å². The fraction of sp³-hybridized carbons (Fsp3) is 0.571. The first-order valence-corrected chi connectivity index (χ1v) is 14.5. The lowest BCUT2D eigenvalue weighted by Gasteiger charge is -2.24. The number of hydrogen-bond donors (Lipinski definition) is 4. The van der Waals surface area contributed by atoms with Gasteiger partial charge >= 0.3 is 0 Å². The summed E-state index contributed by atoms with van der Waals surface area (Å²) in [5.74, 6) is -1.12. The van der Waals surface area contributed by atoms with Crippen LogP contribution in [0.2, 0.25) is 0 Å². The van der Waals surface area contributed by atoms with Crippen molar-refractivity contribution >= 4 is 11.8 Å². The van der Waals surface area contributed by atoms with Gasteiger partial charge in [-0.2, -0.15) is 9.46 Å². The molecule has 16 heteroatoms. The molecule has 3 heterocycles. The maximum Gasteiger partial charge on any atom is 0.295 e. The van der Waals surface area contributed by atoms with Gasteiger partial charge in [-0.15, -0.1) is 0 Å². The number of nitrogens with one attached hydrogen (secondary N) is 2. The first kappa shape index (κ1) is 34.7. The number of ether oxygens (including phenoxy) is 4. The van der Waals surface area contributed by atoms with Crippen LogP contribution < -0.4 is 21.8 Å². The standard InChI is InChI=1S/C28H42N6O10/c35-25(23-3-1-7-33(39)27(23)37)29-5-9-31-11-15-41-19-21-43-17-13-32(14-18-44-22-20-42-16-12-31)10-6-30-26(36)24-4-2-8-34(40)28(24)38/h1-4,7-8,39-40H,5-6,9-22H2,(H,29,35)(H,30,36). The van der Waals surface area contributed by atoms with Gasteiger partial charge in [0.1, 0.15) is 11.1 Å². The summed E-state index contributed by atoms with van der Waals surface area (Å²) in [4.78, 5) is 52.7. The van der Waals surface area contributed by atoms with Gasteiger partial charge in [0.15, 0.2) is 0 Å². The van der Waals surface area contributed by atoms with Gasteiger partial charge in [0.2, 0.25) is 0 Å². The van der Waals surface area contributed by atoms with Crippen molar-refractivity contribution < 1.29 is 39.0 Å². The Hall–Kier alpha value is -3.80. The van der Waals surface area contributed by atoms with Crippen molar-refractivity contribution in [1.29, 1.82) is 0 Å². The molecule has 0 spiro atoms. The van der Waals surface area contributed by atoms with Crippen molar-refractivity contribution in [3.05, 3.63) is 68.5 Å². The molecule has 44 heavy (non-hydrogen) atoms. The van der Waals surface area contributed by atoms with Gasteiger partial charge in [-0.3, -0.25) is 29.0 Å². The molecule has 0 saturated carbocycles. The lowest BCUT2D eigenvalue weighted by Crippen LogP contribution is -2.40. The SMILES string of the molecule is O=C(NCCN1CCOCCOCCN(CCNC(=O)c2cccn(O)c2=O)CCOCCOCC1)c1cccn(O)c1=O. The van der Waals surface area contributed by atoms with Crippen LogP contribution in [0.1, 0.15) is 20.7 Å². The lowest BCUT2D eigenvalue weighted by atomic mass is 10.2. The van der Waals surface area contributed by atoms with Crippen LogP contribution in [0.5, 0.6) is 0 Å². The monoisotopic (exact) mass is 622 g/mol. The Kier molecular flexibility index (Phi) is 15.4. The van der Waals surface area contributed by atoms with Crippen molar-refractivity contribution in [2.75, 3.05) is 105 Å². The maximum atomic E-state index is 12.4. The summed E-state index contributed by atoms with van der Waals surface area (Å²) in [7, 11) is 0. The minimum Gasteiger partial charge on any atom is -0.425 e. The highest BCUT2D eigenvalue weighted by atomic mass is 16.5. The molecule has 0 atom stereocenters. The first-order valence-electron chi connectivity index (χ1n) is 14.5. The molecule has 2 amide bonds. The molecule has 1 fully saturated rings. The first-order chi connectivity index (χ1) is 21.4. The molecule has 3 rings (SSSR count). The normalized spacial score (nSPS) is 17.3. The van der Waals surface area contributed by atoms with Crippen molar-refractivity contribution in [1.82, 2.24) is 29.9 Å². The molecule has 2 aromatic rings. The molecule has 4 N–H and O–H groups in total. The van der Waals surface area contributed by atoms with Crippen LogP contribution in [0.15, 0.2) is 46.2 Å². The molecule has 244 valence electrons. The van der Waals surface area contributed by atoms with Crippen LogP contribution in [0.4, 0.5) is 0 Å². The molecule has 2 aromatic heterocycles. The van der Waals surface area contributed by atoms with Gasteiger partial charge in [-0.1, -0.05) is 0 Å². The van der Waals surface area contributed by atoms with Crippen molar-refractivity contribution in [3.63, 3.8) is 0 Å². The second kappa shape index (κ2) is 19.5. The third-order valence-electron chi connectivity index (χ3n) is 6.73. The van der Waals surface area contributed by atoms with E-state index in [0.717, 1.165) is 12.4 Å². The Morgan fingerprint density at radius 2 is 0.955 bits per heavy atom. The predicted octanol–water partition coefficient (Wildman–Crippen LogP) is -1.67. The number of carbonyl (C=O) groups excluding carboxylic acids is 2. The molecule has 1 aliphatic heterocycles. The highest BCUT2D eigenvalue weighted by molar-refractivity contribution is 5.94. The second-order valence-corrected chi connectivity index (χ2v) is 9.79. The van der Waals surface area contributed by atoms with Gasteiger partial charge in [0.25, 0.3) is 22.9 Å². The molecule has 0 unspecified atom stereocenters. The molecule has 0 aromatic carbocycles. The molecule has 1 aliphatic rings. The van der Waals surface area contributed by atoms with E-state index in [1.165, 1.54) is 24.3 Å². The minimum atomic E-state index is -0.783. The van der Waals surface area contributed by atoms with Crippen LogP contribution in [-0.4, -0.2) is 147 Å².